The van der Waals surface area contributed by atoms with Crippen LogP contribution in [0.2, 0.25) is 0 Å². The molecule has 0 radical (unpaired) electrons. The van der Waals surface area contributed by atoms with Gasteiger partial charge >= 0.3 is 0 Å². The first kappa shape index (κ1) is 14.3. The van der Waals surface area contributed by atoms with Crippen LogP contribution < -0.4 is 0 Å². The molecule has 1 saturated carbocycles. The number of carbonyl (C=O) groups is 1. The van der Waals surface area contributed by atoms with E-state index < -0.39 is 0 Å². The monoisotopic (exact) mass is 260 g/mol. The molecule has 0 amide bonds. The first-order valence-electron chi connectivity index (χ1n) is 7.42. The summed E-state index contributed by atoms with van der Waals surface area (Å²) in [5, 5.41) is 0. The molecule has 19 heavy (non-hydrogen) atoms. The van der Waals surface area contributed by atoms with E-state index in [0.29, 0.717) is 5.92 Å². The van der Waals surface area contributed by atoms with Crippen LogP contribution in [0, 0.1) is 12.8 Å². The minimum absolute atomic E-state index is 0.0976. The molecule has 0 heterocycles. The second-order valence-electron chi connectivity index (χ2n) is 5.59. The zero-order valence-electron chi connectivity index (χ0n) is 12.0. The Morgan fingerprint density at radius 2 is 1.89 bits per heavy atom. The van der Waals surface area contributed by atoms with Gasteiger partial charge in [0, 0.05) is 5.56 Å². The van der Waals surface area contributed by atoms with E-state index in [-0.39, 0.29) is 18.5 Å². The van der Waals surface area contributed by atoms with Crippen LogP contribution in [0.4, 0.5) is 0 Å². The number of aryl methyl sites for hydroxylation is 1. The van der Waals surface area contributed by atoms with Crippen LogP contribution in [0.1, 0.15) is 54.9 Å². The molecule has 1 aliphatic rings. The summed E-state index contributed by atoms with van der Waals surface area (Å²) in [6, 6.07) is 7.73. The van der Waals surface area contributed by atoms with E-state index >= 15 is 0 Å². The SMILES string of the molecule is CCC1CCCCC1OCC(=O)c1ccc(C)cc1. The van der Waals surface area contributed by atoms with Crippen molar-refractivity contribution in [3.8, 4) is 0 Å². The summed E-state index contributed by atoms with van der Waals surface area (Å²) in [5.74, 6) is 0.736. The van der Waals surface area contributed by atoms with Crippen LogP contribution in [0.25, 0.3) is 0 Å². The molecule has 2 atom stereocenters. The molecule has 0 bridgehead atoms. The maximum absolute atomic E-state index is 12.1. The van der Waals surface area contributed by atoms with Crippen molar-refractivity contribution in [1.29, 1.82) is 0 Å². The third-order valence-electron chi connectivity index (χ3n) is 4.17. The van der Waals surface area contributed by atoms with Gasteiger partial charge in [-0.15, -0.1) is 0 Å². The smallest absolute Gasteiger partial charge is 0.188 e. The molecule has 0 N–H and O–H groups in total. The van der Waals surface area contributed by atoms with Gasteiger partial charge in [0.15, 0.2) is 5.78 Å². The van der Waals surface area contributed by atoms with Crippen molar-refractivity contribution in [3.05, 3.63) is 35.4 Å². The summed E-state index contributed by atoms with van der Waals surface area (Å²) in [7, 11) is 0. The molecule has 0 aromatic heterocycles. The maximum Gasteiger partial charge on any atom is 0.188 e. The Kier molecular flexibility index (Phi) is 5.15. The Morgan fingerprint density at radius 3 is 2.58 bits per heavy atom. The molecule has 0 aliphatic heterocycles. The van der Waals surface area contributed by atoms with Gasteiger partial charge < -0.3 is 4.74 Å². The Morgan fingerprint density at radius 1 is 1.21 bits per heavy atom. The molecule has 2 nitrogen and oxygen atoms in total. The van der Waals surface area contributed by atoms with Gasteiger partial charge in [0.25, 0.3) is 0 Å². The second kappa shape index (κ2) is 6.85. The third-order valence-corrected chi connectivity index (χ3v) is 4.17. The Bertz CT molecular complexity index is 408. The van der Waals surface area contributed by atoms with E-state index in [1.165, 1.54) is 24.8 Å². The van der Waals surface area contributed by atoms with Gasteiger partial charge in [-0.05, 0) is 25.7 Å². The van der Waals surface area contributed by atoms with Crippen molar-refractivity contribution in [2.24, 2.45) is 5.92 Å². The van der Waals surface area contributed by atoms with Crippen molar-refractivity contribution in [2.75, 3.05) is 6.61 Å². The van der Waals surface area contributed by atoms with Crippen molar-refractivity contribution < 1.29 is 9.53 Å². The van der Waals surface area contributed by atoms with Crippen LogP contribution >= 0.6 is 0 Å². The first-order valence-corrected chi connectivity index (χ1v) is 7.42. The number of Topliss-reactive ketones (excluding diaryl/α,β-unsaturated/α-hetero) is 1. The topological polar surface area (TPSA) is 26.3 Å². The number of hydrogen-bond acceptors (Lipinski definition) is 2. The molecule has 104 valence electrons. The number of benzene rings is 1. The number of ether oxygens (including phenoxy) is 1. The highest BCUT2D eigenvalue weighted by molar-refractivity contribution is 5.97. The van der Waals surface area contributed by atoms with E-state index in [2.05, 4.69) is 6.92 Å². The maximum atomic E-state index is 12.1. The van der Waals surface area contributed by atoms with Gasteiger partial charge in [0.2, 0.25) is 0 Å². The van der Waals surface area contributed by atoms with Crippen LogP contribution in [-0.2, 0) is 4.74 Å². The lowest BCUT2D eigenvalue weighted by atomic mass is 9.85. The summed E-state index contributed by atoms with van der Waals surface area (Å²) in [6.45, 7) is 4.47. The number of carbonyl (C=O) groups excluding carboxylic acids is 1. The highest BCUT2D eigenvalue weighted by atomic mass is 16.5. The fourth-order valence-electron chi connectivity index (χ4n) is 2.87. The van der Waals surface area contributed by atoms with Crippen molar-refractivity contribution in [2.45, 2.75) is 52.1 Å². The lowest BCUT2D eigenvalue weighted by Gasteiger charge is -2.30. The van der Waals surface area contributed by atoms with Crippen molar-refractivity contribution in [3.63, 3.8) is 0 Å². The highest BCUT2D eigenvalue weighted by Gasteiger charge is 2.24. The minimum atomic E-state index is 0.0976. The molecule has 2 heteroatoms. The Labute approximate surface area is 116 Å². The molecule has 2 unspecified atom stereocenters. The molecule has 1 fully saturated rings. The van der Waals surface area contributed by atoms with Gasteiger partial charge in [-0.1, -0.05) is 56.0 Å². The van der Waals surface area contributed by atoms with Gasteiger partial charge in [-0.2, -0.15) is 0 Å². The van der Waals surface area contributed by atoms with Crippen molar-refractivity contribution >= 4 is 5.78 Å². The van der Waals surface area contributed by atoms with Crippen molar-refractivity contribution in [1.82, 2.24) is 0 Å². The molecule has 1 aromatic rings. The lowest BCUT2D eigenvalue weighted by Crippen LogP contribution is -2.29. The lowest BCUT2D eigenvalue weighted by molar-refractivity contribution is -0.00570. The molecule has 0 saturated heterocycles. The predicted molar refractivity (Wildman–Crippen MR) is 77.5 cm³/mol. The Balaban J connectivity index is 1.87. The summed E-state index contributed by atoms with van der Waals surface area (Å²) in [6.07, 6.45) is 6.35. The zero-order chi connectivity index (χ0) is 13.7. The predicted octanol–water partition coefficient (Wildman–Crippen LogP) is 4.16. The third kappa shape index (κ3) is 3.90. The van der Waals surface area contributed by atoms with Crippen LogP contribution in [0.5, 0.6) is 0 Å². The average Bonchev–Trinajstić information content (AvgIpc) is 2.45. The number of ketones is 1. The zero-order valence-corrected chi connectivity index (χ0v) is 12.0. The molecule has 1 aliphatic carbocycles. The summed E-state index contributed by atoms with van der Waals surface area (Å²) >= 11 is 0. The standard InChI is InChI=1S/C17H24O2/c1-3-14-6-4-5-7-17(14)19-12-16(18)15-10-8-13(2)9-11-15/h8-11,14,17H,3-7,12H2,1-2H3. The fraction of sp³-hybridized carbons (Fsp3) is 0.588. The van der Waals surface area contributed by atoms with Crippen LogP contribution in [0.15, 0.2) is 24.3 Å². The van der Waals surface area contributed by atoms with Crippen LogP contribution in [0.3, 0.4) is 0 Å². The number of rotatable bonds is 5. The van der Waals surface area contributed by atoms with E-state index in [4.69, 9.17) is 4.74 Å². The quantitative estimate of drug-likeness (QED) is 0.743. The summed E-state index contributed by atoms with van der Waals surface area (Å²) in [5.41, 5.74) is 1.94. The van der Waals surface area contributed by atoms with E-state index in [9.17, 15) is 4.79 Å². The normalized spacial score (nSPS) is 23.3. The fourth-order valence-corrected chi connectivity index (χ4v) is 2.87. The highest BCUT2D eigenvalue weighted by Crippen LogP contribution is 2.29. The van der Waals surface area contributed by atoms with E-state index in [0.717, 1.165) is 18.4 Å². The van der Waals surface area contributed by atoms with Gasteiger partial charge in [-0.25, -0.2) is 0 Å². The summed E-state index contributed by atoms with van der Waals surface area (Å²) < 4.78 is 5.88. The summed E-state index contributed by atoms with van der Waals surface area (Å²) in [4.78, 5) is 12.1. The molecular formula is C17H24O2. The van der Waals surface area contributed by atoms with Crippen LogP contribution in [-0.4, -0.2) is 18.5 Å². The van der Waals surface area contributed by atoms with E-state index in [1.807, 2.05) is 31.2 Å². The Hall–Kier alpha value is -1.15. The minimum Gasteiger partial charge on any atom is -0.370 e. The molecule has 2 rings (SSSR count). The second-order valence-corrected chi connectivity index (χ2v) is 5.59. The molecule has 0 spiro atoms. The molecule has 1 aromatic carbocycles. The average molecular weight is 260 g/mol. The van der Waals surface area contributed by atoms with E-state index in [1.54, 1.807) is 0 Å². The largest absolute Gasteiger partial charge is 0.370 e. The van der Waals surface area contributed by atoms with Gasteiger partial charge in [0.05, 0.1) is 6.10 Å². The number of hydrogen-bond donors (Lipinski definition) is 0. The molecular weight excluding hydrogens is 236 g/mol. The first-order chi connectivity index (χ1) is 9.20. The van der Waals surface area contributed by atoms with Gasteiger partial charge in [-0.3, -0.25) is 4.79 Å². The van der Waals surface area contributed by atoms with Gasteiger partial charge in [0.1, 0.15) is 6.61 Å².